The van der Waals surface area contributed by atoms with E-state index in [-0.39, 0.29) is 22.9 Å². The van der Waals surface area contributed by atoms with Crippen molar-refractivity contribution in [2.45, 2.75) is 118 Å². The van der Waals surface area contributed by atoms with Gasteiger partial charge in [0.25, 0.3) is 0 Å². The lowest BCUT2D eigenvalue weighted by atomic mass is 9.69. The number of aliphatic hydroxyl groups excluding tert-OH is 1. The molecule has 0 amide bonds. The predicted molar refractivity (Wildman–Crippen MR) is 158 cm³/mol. The molecule has 0 bridgehead atoms. The monoisotopic (exact) mass is 524 g/mol. The third-order valence-corrected chi connectivity index (χ3v) is 8.08. The first-order valence-electron chi connectivity index (χ1n) is 14.6. The van der Waals surface area contributed by atoms with E-state index in [2.05, 4.69) is 84.9 Å². The molecule has 1 aromatic rings. The van der Waals surface area contributed by atoms with E-state index in [0.29, 0.717) is 19.6 Å². The summed E-state index contributed by atoms with van der Waals surface area (Å²) in [6.45, 7) is 18.1. The molecule has 1 aliphatic carbocycles. The number of allylic oxidation sites excluding steroid dienone is 5. The van der Waals surface area contributed by atoms with E-state index >= 15 is 0 Å². The van der Waals surface area contributed by atoms with Gasteiger partial charge in [0.05, 0.1) is 19.3 Å². The Kier molecular flexibility index (Phi) is 12.4. The molecule has 212 valence electrons. The number of carbonyl (C=O) groups is 1. The number of aryl methyl sites for hydroxylation is 2. The Labute approximate surface area is 232 Å². The van der Waals surface area contributed by atoms with Gasteiger partial charge in [0.1, 0.15) is 5.76 Å². The zero-order valence-electron chi connectivity index (χ0n) is 25.3. The summed E-state index contributed by atoms with van der Waals surface area (Å²) in [6.07, 6.45) is 13.1. The number of benzene rings is 1. The third-order valence-electron chi connectivity index (χ3n) is 8.08. The largest absolute Gasteiger partial charge is 0.494 e. The van der Waals surface area contributed by atoms with Crippen LogP contribution in [0.1, 0.15) is 110 Å². The van der Waals surface area contributed by atoms with Gasteiger partial charge in [0.2, 0.25) is 0 Å². The number of rotatable bonds is 14. The number of aliphatic hydroxyl groups is 1. The minimum Gasteiger partial charge on any atom is -0.494 e. The molecule has 0 saturated heterocycles. The molecule has 0 heterocycles. The maximum atomic E-state index is 11.5. The Balaban J connectivity index is 2.14. The fourth-order valence-electron chi connectivity index (χ4n) is 5.34. The highest BCUT2D eigenvalue weighted by Gasteiger charge is 2.33. The molecular weight excluding hydrogens is 472 g/mol. The van der Waals surface area contributed by atoms with E-state index < -0.39 is 0 Å². The van der Waals surface area contributed by atoms with E-state index in [1.807, 2.05) is 6.92 Å². The van der Waals surface area contributed by atoms with Crippen LogP contribution in [0.25, 0.3) is 0 Å². The Morgan fingerprint density at radius 1 is 1.05 bits per heavy atom. The summed E-state index contributed by atoms with van der Waals surface area (Å²) in [5.41, 5.74) is 6.33. The van der Waals surface area contributed by atoms with Crippen molar-refractivity contribution in [3.8, 4) is 0 Å². The second-order valence-electron chi connectivity index (χ2n) is 11.8. The maximum absolute atomic E-state index is 11.5. The summed E-state index contributed by atoms with van der Waals surface area (Å²) in [5, 5.41) is 10.5. The molecule has 0 aromatic heterocycles. The van der Waals surface area contributed by atoms with Gasteiger partial charge in [0, 0.05) is 11.8 Å². The van der Waals surface area contributed by atoms with E-state index in [0.717, 1.165) is 56.3 Å². The van der Waals surface area contributed by atoms with Crippen molar-refractivity contribution in [2.24, 2.45) is 5.41 Å². The lowest BCUT2D eigenvalue weighted by Gasteiger charge is -2.35. The summed E-state index contributed by atoms with van der Waals surface area (Å²) in [5.74, 6) is 0.810. The fourth-order valence-corrected chi connectivity index (χ4v) is 5.34. The van der Waals surface area contributed by atoms with Crippen molar-refractivity contribution >= 4 is 5.97 Å². The average Bonchev–Trinajstić information content (AvgIpc) is 3.05. The molecule has 0 radical (unpaired) electrons. The normalized spacial score (nSPS) is 15.2. The first-order chi connectivity index (χ1) is 18.0. The summed E-state index contributed by atoms with van der Waals surface area (Å²) in [6, 6.07) is 6.95. The van der Waals surface area contributed by atoms with E-state index in [1.54, 1.807) is 0 Å². The Hall–Kier alpha value is -2.33. The Morgan fingerprint density at radius 3 is 2.37 bits per heavy atom. The smallest absolute Gasteiger partial charge is 0.305 e. The van der Waals surface area contributed by atoms with Gasteiger partial charge in [-0.25, -0.2) is 0 Å². The van der Waals surface area contributed by atoms with Gasteiger partial charge in [-0.1, -0.05) is 65.0 Å². The summed E-state index contributed by atoms with van der Waals surface area (Å²) >= 11 is 0. The van der Waals surface area contributed by atoms with Crippen LogP contribution in [0.2, 0.25) is 0 Å². The number of ether oxygens (including phenoxy) is 2. The van der Waals surface area contributed by atoms with Crippen LogP contribution in [-0.2, 0) is 26.1 Å². The van der Waals surface area contributed by atoms with Crippen molar-refractivity contribution in [3.05, 3.63) is 70.0 Å². The van der Waals surface area contributed by atoms with Gasteiger partial charge >= 0.3 is 5.97 Å². The standard InChI is InChI=1S/C34H52O4/c1-9-34(10-2,29-20-18-27(25(4)23-29)19-21-31(35)33(6,7)8)28-15-14-16-30(26(5)24-28)38-22-13-12-17-32(36)37-11-3/h15-16,18,20,23-24,31,35H,9-14,17,19,21-22H2,1-8H3. The summed E-state index contributed by atoms with van der Waals surface area (Å²) in [4.78, 5) is 11.5. The van der Waals surface area contributed by atoms with E-state index in [9.17, 15) is 9.90 Å². The first-order valence-corrected chi connectivity index (χ1v) is 14.6. The van der Waals surface area contributed by atoms with Gasteiger partial charge in [-0.2, -0.15) is 0 Å². The quantitative estimate of drug-likeness (QED) is 0.196. The number of unbranched alkanes of at least 4 members (excludes halogenated alkanes) is 1. The highest BCUT2D eigenvalue weighted by molar-refractivity contribution is 5.69. The highest BCUT2D eigenvalue weighted by atomic mass is 16.5. The molecule has 0 spiro atoms. The number of hydrogen-bond acceptors (Lipinski definition) is 4. The first kappa shape index (κ1) is 31.9. The molecule has 1 unspecified atom stereocenters. The zero-order chi connectivity index (χ0) is 28.3. The van der Waals surface area contributed by atoms with Crippen LogP contribution in [0.3, 0.4) is 0 Å². The molecule has 1 N–H and O–H groups in total. The van der Waals surface area contributed by atoms with Gasteiger partial charge < -0.3 is 14.6 Å². The van der Waals surface area contributed by atoms with Crippen LogP contribution >= 0.6 is 0 Å². The molecular formula is C34H52O4. The van der Waals surface area contributed by atoms with E-state index in [1.165, 1.54) is 22.3 Å². The number of esters is 1. The van der Waals surface area contributed by atoms with Crippen molar-refractivity contribution in [3.63, 3.8) is 0 Å². The zero-order valence-corrected chi connectivity index (χ0v) is 25.3. The molecule has 0 fully saturated rings. The lowest BCUT2D eigenvalue weighted by Crippen LogP contribution is -2.27. The summed E-state index contributed by atoms with van der Waals surface area (Å²) in [7, 11) is 0. The molecule has 38 heavy (non-hydrogen) atoms. The molecule has 0 aliphatic heterocycles. The second kappa shape index (κ2) is 14.7. The molecule has 1 atom stereocenters. The van der Waals surface area contributed by atoms with E-state index in [4.69, 9.17) is 9.47 Å². The Morgan fingerprint density at radius 2 is 1.76 bits per heavy atom. The summed E-state index contributed by atoms with van der Waals surface area (Å²) < 4.78 is 11.1. The second-order valence-corrected chi connectivity index (χ2v) is 11.8. The molecule has 1 aromatic carbocycles. The number of carbonyl (C=O) groups excluding carboxylic acids is 1. The average molecular weight is 525 g/mol. The number of hydrogen-bond donors (Lipinski definition) is 1. The highest BCUT2D eigenvalue weighted by Crippen LogP contribution is 2.42. The molecule has 0 saturated carbocycles. The van der Waals surface area contributed by atoms with Crippen LogP contribution in [0.15, 0.2) is 53.3 Å². The van der Waals surface area contributed by atoms with Gasteiger partial charge in [-0.05, 0) is 105 Å². The lowest BCUT2D eigenvalue weighted by molar-refractivity contribution is -0.143. The van der Waals surface area contributed by atoms with Crippen LogP contribution in [0, 0.1) is 12.3 Å². The van der Waals surface area contributed by atoms with Gasteiger partial charge in [0.15, 0.2) is 0 Å². The molecule has 4 heteroatoms. The van der Waals surface area contributed by atoms with Gasteiger partial charge in [-0.15, -0.1) is 0 Å². The van der Waals surface area contributed by atoms with Crippen molar-refractivity contribution < 1.29 is 19.4 Å². The van der Waals surface area contributed by atoms with Gasteiger partial charge in [-0.3, -0.25) is 4.79 Å². The SMILES string of the molecule is CCOC(=O)CCCCOC1=CCC=C(C(CC)(CC)c2ccc(CCC(O)C(C)(C)C)c(C)c2)C=C1C. The van der Waals surface area contributed by atoms with Crippen LogP contribution in [0.4, 0.5) is 0 Å². The molecule has 1 aliphatic rings. The minimum absolute atomic E-state index is 0.0571. The van der Waals surface area contributed by atoms with Crippen molar-refractivity contribution in [2.75, 3.05) is 13.2 Å². The van der Waals surface area contributed by atoms with Crippen LogP contribution in [0.5, 0.6) is 0 Å². The van der Waals surface area contributed by atoms with Crippen molar-refractivity contribution in [1.82, 2.24) is 0 Å². The van der Waals surface area contributed by atoms with Crippen molar-refractivity contribution in [1.29, 1.82) is 0 Å². The van der Waals surface area contributed by atoms with Crippen LogP contribution in [-0.4, -0.2) is 30.4 Å². The maximum Gasteiger partial charge on any atom is 0.305 e. The predicted octanol–water partition coefficient (Wildman–Crippen LogP) is 8.30. The van der Waals surface area contributed by atoms with Crippen LogP contribution < -0.4 is 0 Å². The topological polar surface area (TPSA) is 55.8 Å². The third kappa shape index (κ3) is 8.59. The molecule has 2 rings (SSSR count). The Bertz CT molecular complexity index is 1000. The minimum atomic E-state index is -0.308. The fraction of sp³-hybridized carbons (Fsp3) is 0.618. The molecule has 4 nitrogen and oxygen atoms in total.